The number of pyridine rings is 1. The molecule has 4 rings (SSSR count). The molecule has 31 heavy (non-hydrogen) atoms. The smallest absolute Gasteiger partial charge is 0.341 e. The summed E-state index contributed by atoms with van der Waals surface area (Å²) in [6, 6.07) is 9.98. The topological polar surface area (TPSA) is 87.3 Å². The molecule has 0 N–H and O–H groups in total. The molecule has 0 saturated carbocycles. The molecular formula is C23H26N6O2. The Bertz CT molecular complexity index is 1160. The van der Waals surface area contributed by atoms with Gasteiger partial charge in [0.15, 0.2) is 5.65 Å². The molecule has 3 heterocycles. The first kappa shape index (κ1) is 20.7. The fourth-order valence-corrected chi connectivity index (χ4v) is 4.31. The van der Waals surface area contributed by atoms with Gasteiger partial charge in [0.25, 0.3) is 0 Å². The van der Waals surface area contributed by atoms with E-state index in [9.17, 15) is 10.1 Å². The molecule has 8 heteroatoms. The van der Waals surface area contributed by atoms with Gasteiger partial charge in [0.2, 0.25) is 0 Å². The average molecular weight is 419 g/mol. The predicted octanol–water partition coefficient (Wildman–Crippen LogP) is 3.04. The van der Waals surface area contributed by atoms with Crippen LogP contribution in [0, 0.1) is 18.3 Å². The molecular weight excluding hydrogens is 392 g/mol. The Balaban J connectivity index is 1.74. The van der Waals surface area contributed by atoms with Gasteiger partial charge in [-0.3, -0.25) is 4.68 Å². The average Bonchev–Trinajstić information content (AvgIpc) is 2.95. The molecule has 1 aliphatic rings. The Morgan fingerprint density at radius 2 is 1.94 bits per heavy atom. The van der Waals surface area contributed by atoms with Crippen LogP contribution in [0.5, 0.6) is 0 Å². The molecule has 1 aromatic carbocycles. The second-order valence-corrected chi connectivity index (χ2v) is 7.61. The molecule has 8 nitrogen and oxygen atoms in total. The van der Waals surface area contributed by atoms with E-state index in [4.69, 9.17) is 4.74 Å². The number of aryl methyl sites for hydroxylation is 2. The normalized spacial score (nSPS) is 14.4. The highest BCUT2D eigenvalue weighted by Gasteiger charge is 2.26. The van der Waals surface area contributed by atoms with Gasteiger partial charge in [-0.05, 0) is 32.4 Å². The first-order valence-electron chi connectivity index (χ1n) is 10.5. The lowest BCUT2D eigenvalue weighted by molar-refractivity contribution is 0.0527. The standard InChI is InChI=1S/C23H26N6O2/c1-4-31-23(30)18-15-25-22-20(16(2)26-27(22)3)21(18)29-11-7-10-28(12-13-29)19-9-6-5-8-17(19)14-24/h5-6,8-9,15H,4,7,10-13H2,1-3H3. The van der Waals surface area contributed by atoms with Crippen LogP contribution in [0.25, 0.3) is 11.0 Å². The highest BCUT2D eigenvalue weighted by molar-refractivity contribution is 6.05. The Morgan fingerprint density at radius 1 is 1.19 bits per heavy atom. The SMILES string of the molecule is CCOC(=O)c1cnc2c(c(C)nn2C)c1N1CCCN(c2ccccc2C#N)CC1. The Hall–Kier alpha value is -3.60. The molecule has 1 saturated heterocycles. The first-order valence-corrected chi connectivity index (χ1v) is 10.5. The molecule has 0 atom stereocenters. The molecule has 1 aliphatic heterocycles. The van der Waals surface area contributed by atoms with Crippen molar-refractivity contribution in [1.82, 2.24) is 14.8 Å². The van der Waals surface area contributed by atoms with Crippen LogP contribution >= 0.6 is 0 Å². The van der Waals surface area contributed by atoms with Crippen LogP contribution in [0.15, 0.2) is 30.5 Å². The summed E-state index contributed by atoms with van der Waals surface area (Å²) in [4.78, 5) is 21.7. The molecule has 0 spiro atoms. The number of anilines is 2. The van der Waals surface area contributed by atoms with E-state index in [2.05, 4.69) is 26.0 Å². The van der Waals surface area contributed by atoms with Crippen LogP contribution in [0.4, 0.5) is 11.4 Å². The van der Waals surface area contributed by atoms with Gasteiger partial charge in [-0.25, -0.2) is 9.78 Å². The summed E-state index contributed by atoms with van der Waals surface area (Å²) in [7, 11) is 1.86. The zero-order valence-electron chi connectivity index (χ0n) is 18.1. The second-order valence-electron chi connectivity index (χ2n) is 7.61. The van der Waals surface area contributed by atoms with Crippen molar-refractivity contribution in [3.8, 4) is 6.07 Å². The van der Waals surface area contributed by atoms with E-state index in [1.54, 1.807) is 17.8 Å². The molecule has 2 aromatic heterocycles. The van der Waals surface area contributed by atoms with Crippen molar-refractivity contribution >= 4 is 28.4 Å². The van der Waals surface area contributed by atoms with Gasteiger partial charge in [-0.2, -0.15) is 10.4 Å². The van der Waals surface area contributed by atoms with Gasteiger partial charge in [0, 0.05) is 39.4 Å². The molecule has 3 aromatic rings. The maximum atomic E-state index is 12.8. The van der Waals surface area contributed by atoms with E-state index in [1.807, 2.05) is 38.2 Å². The zero-order chi connectivity index (χ0) is 22.0. The quantitative estimate of drug-likeness (QED) is 0.602. The third-order valence-electron chi connectivity index (χ3n) is 5.67. The van der Waals surface area contributed by atoms with Crippen LogP contribution in [0.3, 0.4) is 0 Å². The maximum absolute atomic E-state index is 12.8. The van der Waals surface area contributed by atoms with Gasteiger partial charge in [-0.15, -0.1) is 0 Å². The van der Waals surface area contributed by atoms with Crippen molar-refractivity contribution in [3.63, 3.8) is 0 Å². The van der Waals surface area contributed by atoms with Gasteiger partial charge in [0.1, 0.15) is 11.6 Å². The maximum Gasteiger partial charge on any atom is 0.341 e. The molecule has 0 aliphatic carbocycles. The highest BCUT2D eigenvalue weighted by Crippen LogP contribution is 2.33. The van der Waals surface area contributed by atoms with Gasteiger partial charge in [-0.1, -0.05) is 12.1 Å². The van der Waals surface area contributed by atoms with Crippen LogP contribution in [0.1, 0.15) is 35.0 Å². The second kappa shape index (κ2) is 8.64. The third-order valence-corrected chi connectivity index (χ3v) is 5.67. The lowest BCUT2D eigenvalue weighted by Gasteiger charge is -2.27. The van der Waals surface area contributed by atoms with Gasteiger partial charge >= 0.3 is 5.97 Å². The number of hydrogen-bond acceptors (Lipinski definition) is 7. The van der Waals surface area contributed by atoms with Gasteiger partial charge in [0.05, 0.1) is 34.6 Å². The summed E-state index contributed by atoms with van der Waals surface area (Å²) >= 11 is 0. The number of aromatic nitrogens is 3. The van der Waals surface area contributed by atoms with E-state index >= 15 is 0 Å². The third kappa shape index (κ3) is 3.79. The number of hydrogen-bond donors (Lipinski definition) is 0. The molecule has 0 bridgehead atoms. The molecule has 160 valence electrons. The summed E-state index contributed by atoms with van der Waals surface area (Å²) < 4.78 is 7.07. The van der Waals surface area contributed by atoms with Crippen LogP contribution in [0.2, 0.25) is 0 Å². The minimum Gasteiger partial charge on any atom is -0.462 e. The van der Waals surface area contributed by atoms with Crippen LogP contribution < -0.4 is 9.80 Å². The minimum absolute atomic E-state index is 0.307. The van der Waals surface area contributed by atoms with E-state index in [0.717, 1.165) is 54.2 Å². The first-order chi connectivity index (χ1) is 15.0. The number of nitriles is 1. The van der Waals surface area contributed by atoms with Crippen molar-refractivity contribution in [2.24, 2.45) is 7.05 Å². The lowest BCUT2D eigenvalue weighted by Crippen LogP contribution is -2.32. The largest absolute Gasteiger partial charge is 0.462 e. The Morgan fingerprint density at radius 3 is 2.71 bits per heavy atom. The van der Waals surface area contributed by atoms with Crippen LogP contribution in [-0.4, -0.2) is 53.5 Å². The number of nitrogens with zero attached hydrogens (tertiary/aromatic N) is 6. The summed E-state index contributed by atoms with van der Waals surface area (Å²) in [6.45, 7) is 7.12. The number of esters is 1. The number of fused-ring (bicyclic) bond motifs is 1. The molecule has 0 unspecified atom stereocenters. The van der Waals surface area contributed by atoms with Crippen molar-refractivity contribution < 1.29 is 9.53 Å². The summed E-state index contributed by atoms with van der Waals surface area (Å²) in [6.07, 6.45) is 2.50. The van der Waals surface area contributed by atoms with E-state index in [1.165, 1.54) is 0 Å². The number of ether oxygens (including phenoxy) is 1. The summed E-state index contributed by atoms with van der Waals surface area (Å²) in [5.74, 6) is -0.369. The number of benzene rings is 1. The Kier molecular flexibility index (Phi) is 5.76. The number of carbonyl (C=O) groups excluding carboxylic acids is 1. The molecule has 0 amide bonds. The monoisotopic (exact) mass is 418 g/mol. The molecule has 1 fully saturated rings. The van der Waals surface area contributed by atoms with E-state index in [-0.39, 0.29) is 5.97 Å². The number of carbonyl (C=O) groups is 1. The summed E-state index contributed by atoms with van der Waals surface area (Å²) in [5, 5.41) is 14.9. The van der Waals surface area contributed by atoms with Crippen molar-refractivity contribution in [2.75, 3.05) is 42.6 Å². The molecule has 0 radical (unpaired) electrons. The van der Waals surface area contributed by atoms with Crippen molar-refractivity contribution in [3.05, 3.63) is 47.3 Å². The fourth-order valence-electron chi connectivity index (χ4n) is 4.31. The van der Waals surface area contributed by atoms with Gasteiger partial charge < -0.3 is 14.5 Å². The predicted molar refractivity (Wildman–Crippen MR) is 119 cm³/mol. The number of rotatable bonds is 4. The van der Waals surface area contributed by atoms with Crippen LogP contribution in [-0.2, 0) is 11.8 Å². The summed E-state index contributed by atoms with van der Waals surface area (Å²) in [5.41, 5.74) is 4.52. The Labute approximate surface area is 181 Å². The highest BCUT2D eigenvalue weighted by atomic mass is 16.5. The van der Waals surface area contributed by atoms with E-state index < -0.39 is 0 Å². The number of para-hydroxylation sites is 1. The van der Waals surface area contributed by atoms with Crippen molar-refractivity contribution in [2.45, 2.75) is 20.3 Å². The zero-order valence-corrected chi connectivity index (χ0v) is 18.1. The fraction of sp³-hybridized carbons (Fsp3) is 0.391. The minimum atomic E-state index is -0.369. The van der Waals surface area contributed by atoms with E-state index in [0.29, 0.717) is 24.3 Å². The lowest BCUT2D eigenvalue weighted by atomic mass is 10.1. The van der Waals surface area contributed by atoms with Crippen molar-refractivity contribution in [1.29, 1.82) is 5.26 Å².